The smallest absolute Gasteiger partial charge is 0.154 e. The number of benzene rings is 1. The number of fused-ring (bicyclic) bond motifs is 1. The van der Waals surface area contributed by atoms with Crippen LogP contribution in [0.3, 0.4) is 0 Å². The molecule has 0 amide bonds. The zero-order valence-electron chi connectivity index (χ0n) is 11.5. The highest BCUT2D eigenvalue weighted by Gasteiger charge is 2.20. The maximum atomic E-state index is 6.25. The van der Waals surface area contributed by atoms with E-state index in [1.54, 1.807) is 0 Å². The lowest BCUT2D eigenvalue weighted by Gasteiger charge is -2.08. The van der Waals surface area contributed by atoms with Crippen LogP contribution >= 0.6 is 27.5 Å². The Morgan fingerprint density at radius 2 is 2.11 bits per heavy atom. The van der Waals surface area contributed by atoms with Crippen LogP contribution in [-0.2, 0) is 6.54 Å². The molecule has 2 rings (SSSR count). The molecule has 1 N–H and O–H groups in total. The average molecular weight is 345 g/mol. The van der Waals surface area contributed by atoms with E-state index in [1.807, 2.05) is 12.1 Å². The van der Waals surface area contributed by atoms with E-state index < -0.39 is 0 Å². The van der Waals surface area contributed by atoms with E-state index in [9.17, 15) is 0 Å². The van der Waals surface area contributed by atoms with Crippen molar-refractivity contribution in [3.05, 3.63) is 33.0 Å². The first-order valence-electron chi connectivity index (χ1n) is 6.66. The van der Waals surface area contributed by atoms with Gasteiger partial charge < -0.3 is 9.73 Å². The van der Waals surface area contributed by atoms with Crippen molar-refractivity contribution in [1.82, 2.24) is 5.32 Å². The number of nitrogens with one attached hydrogen (secondary N) is 1. The molecule has 0 fully saturated rings. The second kappa shape index (κ2) is 6.29. The van der Waals surface area contributed by atoms with Crippen molar-refractivity contribution in [2.75, 3.05) is 6.54 Å². The van der Waals surface area contributed by atoms with Gasteiger partial charge in [0.25, 0.3) is 0 Å². The summed E-state index contributed by atoms with van der Waals surface area (Å²) < 4.78 is 7.04. The monoisotopic (exact) mass is 343 g/mol. The maximum absolute atomic E-state index is 6.25. The molecule has 1 aromatic carbocycles. The second-order valence-corrected chi connectivity index (χ2v) is 6.27. The molecule has 1 aromatic heterocycles. The van der Waals surface area contributed by atoms with E-state index in [-0.39, 0.29) is 0 Å². The molecule has 0 saturated carbocycles. The quantitative estimate of drug-likeness (QED) is 0.727. The molecular weight excluding hydrogens is 326 g/mol. The number of hydrogen-bond donors (Lipinski definition) is 1. The molecule has 0 radical (unpaired) electrons. The summed E-state index contributed by atoms with van der Waals surface area (Å²) in [7, 11) is 0. The first-order chi connectivity index (χ1) is 9.06. The molecule has 2 aromatic rings. The number of furan rings is 1. The summed E-state index contributed by atoms with van der Waals surface area (Å²) >= 11 is 9.85. The van der Waals surface area contributed by atoms with Gasteiger partial charge in [-0.15, -0.1) is 0 Å². The highest BCUT2D eigenvalue weighted by atomic mass is 79.9. The molecule has 0 unspecified atom stereocenters. The Morgan fingerprint density at radius 3 is 2.74 bits per heavy atom. The van der Waals surface area contributed by atoms with Gasteiger partial charge in [-0.3, -0.25) is 0 Å². The Labute approximate surface area is 127 Å². The van der Waals surface area contributed by atoms with Gasteiger partial charge in [0, 0.05) is 15.4 Å². The van der Waals surface area contributed by atoms with E-state index in [2.05, 4.69) is 42.0 Å². The molecule has 0 aliphatic carbocycles. The highest BCUT2D eigenvalue weighted by molar-refractivity contribution is 9.10. The van der Waals surface area contributed by atoms with E-state index in [4.69, 9.17) is 16.0 Å². The topological polar surface area (TPSA) is 25.2 Å². The van der Waals surface area contributed by atoms with Crippen LogP contribution in [0.4, 0.5) is 0 Å². The van der Waals surface area contributed by atoms with Gasteiger partial charge in [0.2, 0.25) is 0 Å². The van der Waals surface area contributed by atoms with Gasteiger partial charge in [0.05, 0.1) is 11.6 Å². The van der Waals surface area contributed by atoms with Crippen LogP contribution in [-0.4, -0.2) is 6.54 Å². The van der Waals surface area contributed by atoms with Crippen LogP contribution in [0.15, 0.2) is 21.0 Å². The summed E-state index contributed by atoms with van der Waals surface area (Å²) in [4.78, 5) is 0. The Balaban J connectivity index is 2.54. The van der Waals surface area contributed by atoms with Crippen LogP contribution in [0.25, 0.3) is 11.0 Å². The van der Waals surface area contributed by atoms with Crippen LogP contribution in [0.5, 0.6) is 0 Å². The predicted octanol–water partition coefficient (Wildman–Crippen LogP) is 5.47. The fourth-order valence-electron chi connectivity index (χ4n) is 2.32. The fourth-order valence-corrected chi connectivity index (χ4v) is 3.04. The highest BCUT2D eigenvalue weighted by Crippen LogP contribution is 2.39. The van der Waals surface area contributed by atoms with E-state index >= 15 is 0 Å². The van der Waals surface area contributed by atoms with Gasteiger partial charge in [-0.05, 0) is 31.0 Å². The molecule has 0 atom stereocenters. The van der Waals surface area contributed by atoms with Crippen molar-refractivity contribution >= 4 is 38.5 Å². The van der Waals surface area contributed by atoms with Gasteiger partial charge in [0.15, 0.2) is 5.58 Å². The first-order valence-corrected chi connectivity index (χ1v) is 7.83. The molecule has 4 heteroatoms. The molecule has 0 aliphatic heterocycles. The summed E-state index contributed by atoms with van der Waals surface area (Å²) in [6, 6.07) is 3.85. The molecule has 0 bridgehead atoms. The minimum absolute atomic E-state index is 0.398. The van der Waals surface area contributed by atoms with E-state index in [0.29, 0.717) is 10.9 Å². The van der Waals surface area contributed by atoms with Crippen LogP contribution in [0.2, 0.25) is 5.02 Å². The lowest BCUT2D eigenvalue weighted by Crippen LogP contribution is -2.14. The first kappa shape index (κ1) is 14.9. The maximum Gasteiger partial charge on any atom is 0.154 e. The lowest BCUT2D eigenvalue weighted by molar-refractivity contribution is 0.504. The van der Waals surface area contributed by atoms with Gasteiger partial charge in [-0.25, -0.2) is 0 Å². The predicted molar refractivity (Wildman–Crippen MR) is 85.0 cm³/mol. The van der Waals surface area contributed by atoms with Gasteiger partial charge in [-0.1, -0.05) is 48.3 Å². The van der Waals surface area contributed by atoms with Gasteiger partial charge in [0.1, 0.15) is 5.76 Å². The summed E-state index contributed by atoms with van der Waals surface area (Å²) in [6.45, 7) is 8.26. The minimum Gasteiger partial charge on any atom is -0.458 e. The third-order valence-electron chi connectivity index (χ3n) is 3.14. The third kappa shape index (κ3) is 2.99. The molecule has 0 saturated heterocycles. The fraction of sp³-hybridized carbons (Fsp3) is 0.467. The number of hydrogen-bond acceptors (Lipinski definition) is 2. The Hall–Kier alpha value is -0.510. The Kier molecular flexibility index (Phi) is 4.93. The van der Waals surface area contributed by atoms with E-state index in [1.165, 1.54) is 5.56 Å². The standard InChI is InChI=1S/C15H19BrClNO/c1-4-7-18-8-12-13(9(2)3)14-10(16)5-6-11(17)15(14)19-12/h5-6,9,18H,4,7-8H2,1-3H3. The molecule has 0 spiro atoms. The normalized spacial score (nSPS) is 11.7. The van der Waals surface area contributed by atoms with Crippen molar-refractivity contribution < 1.29 is 4.42 Å². The summed E-state index contributed by atoms with van der Waals surface area (Å²) in [5.41, 5.74) is 2.03. The van der Waals surface area contributed by atoms with E-state index in [0.717, 1.165) is 40.7 Å². The molecule has 1 heterocycles. The van der Waals surface area contributed by atoms with Crippen LogP contribution in [0, 0.1) is 0 Å². The summed E-state index contributed by atoms with van der Waals surface area (Å²) in [5.74, 6) is 1.39. The van der Waals surface area contributed by atoms with Crippen LogP contribution < -0.4 is 5.32 Å². The Morgan fingerprint density at radius 1 is 1.37 bits per heavy atom. The lowest BCUT2D eigenvalue weighted by atomic mass is 9.99. The molecule has 0 aliphatic rings. The number of rotatable bonds is 5. The largest absolute Gasteiger partial charge is 0.458 e. The zero-order chi connectivity index (χ0) is 14.0. The summed E-state index contributed by atoms with van der Waals surface area (Å²) in [5, 5.41) is 5.17. The molecule has 19 heavy (non-hydrogen) atoms. The van der Waals surface area contributed by atoms with Gasteiger partial charge >= 0.3 is 0 Å². The van der Waals surface area contributed by atoms with Crippen molar-refractivity contribution in [3.63, 3.8) is 0 Å². The van der Waals surface area contributed by atoms with Crippen molar-refractivity contribution in [1.29, 1.82) is 0 Å². The minimum atomic E-state index is 0.398. The Bertz CT molecular complexity index is 577. The summed E-state index contributed by atoms with van der Waals surface area (Å²) in [6.07, 6.45) is 1.11. The average Bonchev–Trinajstić information content (AvgIpc) is 2.75. The second-order valence-electron chi connectivity index (χ2n) is 5.00. The van der Waals surface area contributed by atoms with Crippen molar-refractivity contribution in [3.8, 4) is 0 Å². The van der Waals surface area contributed by atoms with Gasteiger partial charge in [-0.2, -0.15) is 0 Å². The van der Waals surface area contributed by atoms with Crippen LogP contribution in [0.1, 0.15) is 44.4 Å². The molecular formula is C15H19BrClNO. The van der Waals surface area contributed by atoms with Crippen molar-refractivity contribution in [2.45, 2.75) is 39.7 Å². The van der Waals surface area contributed by atoms with Crippen molar-refractivity contribution in [2.24, 2.45) is 0 Å². The zero-order valence-corrected chi connectivity index (χ0v) is 13.9. The molecule has 2 nitrogen and oxygen atoms in total. The number of halogens is 2. The SMILES string of the molecule is CCCNCc1oc2c(Cl)ccc(Br)c2c1C(C)C. The third-order valence-corrected chi connectivity index (χ3v) is 4.10. The molecule has 104 valence electrons.